The summed E-state index contributed by atoms with van der Waals surface area (Å²) in [6.07, 6.45) is -1.38. The van der Waals surface area contributed by atoms with Crippen LogP contribution in [0.5, 0.6) is 0 Å². The molecule has 402 valence electrons. The summed E-state index contributed by atoms with van der Waals surface area (Å²) in [5.74, 6) is -1.93. The number of likely N-dealkylation sites (N-methyl/N-ethyl adjacent to an activating group) is 1. The molecular weight excluding hydrogens is 917 g/mol. The van der Waals surface area contributed by atoms with Gasteiger partial charge in [-0.2, -0.15) is 5.10 Å². The number of oxime groups is 1. The number of aliphatic hydroxyl groups excluding tert-OH is 2. The number of ether oxygens (including phenoxy) is 8. The first-order valence-electron chi connectivity index (χ1n) is 25.8. The lowest BCUT2D eigenvalue weighted by Crippen LogP contribution is -2.61. The van der Waals surface area contributed by atoms with E-state index in [9.17, 15) is 20.1 Å². The maximum Gasteiger partial charge on any atom is 0.311 e. The molecule has 7 rings (SSSR count). The quantitative estimate of drug-likeness (QED) is 0.180. The number of rotatable bonds is 13. The first kappa shape index (κ1) is 57.1. The fraction of sp³-hybridized carbons (Fsp3) is 0.808. The molecular formula is C52H86N6O13. The Morgan fingerprint density at radius 2 is 1.75 bits per heavy atom. The molecule has 5 aliphatic heterocycles. The number of carbonyl (C=O) groups is 1. The average Bonchev–Trinajstić information content (AvgIpc) is 3.87. The molecule has 19 nitrogen and oxygen atoms in total. The van der Waals surface area contributed by atoms with Gasteiger partial charge in [0.2, 0.25) is 0 Å². The lowest BCUT2D eigenvalue weighted by molar-refractivity contribution is -0.320. The molecule has 19 heteroatoms. The summed E-state index contributed by atoms with van der Waals surface area (Å²) in [4.78, 5) is 29.9. The topological polar surface area (TPSA) is 210 Å². The van der Waals surface area contributed by atoms with Gasteiger partial charge in [-0.05, 0) is 113 Å². The minimum Gasteiger partial charge on any atom is -0.459 e. The molecule has 71 heavy (non-hydrogen) atoms. The number of hydrogen-bond donors (Lipinski definition) is 3. The van der Waals surface area contributed by atoms with E-state index in [-0.39, 0.29) is 56.8 Å². The highest BCUT2D eigenvalue weighted by Crippen LogP contribution is 2.42. The minimum atomic E-state index is -1.70. The van der Waals surface area contributed by atoms with Crippen molar-refractivity contribution < 1.29 is 62.8 Å². The smallest absolute Gasteiger partial charge is 0.311 e. The van der Waals surface area contributed by atoms with Crippen molar-refractivity contribution >= 4 is 11.7 Å². The van der Waals surface area contributed by atoms with E-state index in [4.69, 9.17) is 42.7 Å². The van der Waals surface area contributed by atoms with Crippen molar-refractivity contribution in [1.29, 1.82) is 0 Å². The van der Waals surface area contributed by atoms with Crippen LogP contribution in [0.25, 0.3) is 5.82 Å². The zero-order chi connectivity index (χ0) is 52.0. The summed E-state index contributed by atoms with van der Waals surface area (Å²) >= 11 is 0. The lowest BCUT2D eigenvalue weighted by atomic mass is 9.78. The number of aromatic nitrogens is 3. The monoisotopic (exact) mass is 1000 g/mol. The van der Waals surface area contributed by atoms with Crippen molar-refractivity contribution in [3.05, 3.63) is 42.4 Å². The molecule has 7 heterocycles. The van der Waals surface area contributed by atoms with Gasteiger partial charge in [0, 0.05) is 62.2 Å². The Morgan fingerprint density at radius 1 is 1.00 bits per heavy atom. The second kappa shape index (κ2) is 24.4. The van der Waals surface area contributed by atoms with E-state index in [1.54, 1.807) is 45.0 Å². The highest BCUT2D eigenvalue weighted by Gasteiger charge is 2.54. The number of pyridine rings is 1. The van der Waals surface area contributed by atoms with Crippen molar-refractivity contribution in [3.63, 3.8) is 0 Å². The molecule has 0 amide bonds. The Kier molecular flexibility index (Phi) is 19.7. The number of fused-ring (bicyclic) bond motifs is 15. The van der Waals surface area contributed by atoms with Gasteiger partial charge in [0.15, 0.2) is 18.4 Å². The normalized spacial score (nSPS) is 41.1. The number of nitrogens with zero attached hydrogens (tertiary/aromatic N) is 6. The Balaban J connectivity index is 1.50. The van der Waals surface area contributed by atoms with Crippen LogP contribution in [-0.2, 0) is 54.1 Å². The molecule has 2 bridgehead atoms. The van der Waals surface area contributed by atoms with E-state index in [2.05, 4.69) is 40.9 Å². The Labute approximate surface area is 421 Å². The summed E-state index contributed by atoms with van der Waals surface area (Å²) < 4.78 is 55.3. The van der Waals surface area contributed by atoms with Crippen molar-refractivity contribution in [2.45, 2.75) is 205 Å². The molecule has 5 saturated heterocycles. The first-order chi connectivity index (χ1) is 33.5. The van der Waals surface area contributed by atoms with Crippen molar-refractivity contribution in [2.24, 2.45) is 22.9 Å². The molecule has 0 saturated carbocycles. The van der Waals surface area contributed by atoms with Crippen molar-refractivity contribution in [2.75, 3.05) is 47.5 Å². The van der Waals surface area contributed by atoms with Crippen LogP contribution in [-0.4, -0.2) is 189 Å². The predicted octanol–water partition coefficient (Wildman–Crippen LogP) is 4.90. The second-order valence-corrected chi connectivity index (χ2v) is 21.6. The standard InChI is InChI=1S/C52H86N6O13/c1-15-21-57-27-31(3)46-52(11,62)40(16-2)69-48(61)35(7)44(70-42-25-50(9,63-14)45(60)36(8)68-42)34(6)47(71-49-43(59)39(56(12)13)23-33(5)67-49)51(10,24-32(57)4)65-30-38(29-64-46)55-66-28-37-18-19-41(53-26-37)58-22-17-20-54-58/h17-20,22,26,31-36,39-40,42-47,49,59-60,62H,15-16,21,23-25,27-30H2,1-14H3/b55-38+/t31-,32+,33+,34-,35+,36-,39-,40+,42-,43+,44-,45-,46+,47+,49-,50+,51+,52+/m0/s1. The summed E-state index contributed by atoms with van der Waals surface area (Å²) in [5.41, 5.74) is -2.79. The van der Waals surface area contributed by atoms with Gasteiger partial charge in [-0.15, -0.1) is 0 Å². The second-order valence-electron chi connectivity index (χ2n) is 21.6. The van der Waals surface area contributed by atoms with Gasteiger partial charge in [0.25, 0.3) is 0 Å². The first-order valence-corrected chi connectivity index (χ1v) is 25.8. The molecule has 2 aromatic heterocycles. The zero-order valence-corrected chi connectivity index (χ0v) is 44.8. The molecule has 5 fully saturated rings. The summed E-state index contributed by atoms with van der Waals surface area (Å²) in [7, 11) is 5.39. The highest BCUT2D eigenvalue weighted by molar-refractivity contribution is 5.86. The fourth-order valence-corrected chi connectivity index (χ4v) is 11.3. The number of aliphatic hydroxyl groups is 3. The third-order valence-corrected chi connectivity index (χ3v) is 15.5. The van der Waals surface area contributed by atoms with Crippen LogP contribution in [0.2, 0.25) is 0 Å². The van der Waals surface area contributed by atoms with Gasteiger partial charge < -0.3 is 67.9 Å². The third-order valence-electron chi connectivity index (χ3n) is 15.5. The number of carbonyl (C=O) groups excluding carboxylic acids is 1. The van der Waals surface area contributed by atoms with Crippen LogP contribution in [0.15, 0.2) is 41.9 Å². The molecule has 0 spiro atoms. The number of esters is 1. The van der Waals surface area contributed by atoms with Crippen LogP contribution >= 0.6 is 0 Å². The van der Waals surface area contributed by atoms with Crippen molar-refractivity contribution in [3.8, 4) is 5.82 Å². The molecule has 3 N–H and O–H groups in total. The fourth-order valence-electron chi connectivity index (χ4n) is 11.3. The molecule has 0 unspecified atom stereocenters. The van der Waals surface area contributed by atoms with Crippen LogP contribution in [0.3, 0.4) is 0 Å². The van der Waals surface area contributed by atoms with Crippen LogP contribution in [0.1, 0.15) is 114 Å². The van der Waals surface area contributed by atoms with E-state index >= 15 is 0 Å². The summed E-state index contributed by atoms with van der Waals surface area (Å²) in [6, 6.07) is 5.14. The molecule has 5 aliphatic rings. The maximum atomic E-state index is 14.9. The van der Waals surface area contributed by atoms with Crippen LogP contribution in [0, 0.1) is 17.8 Å². The maximum absolute atomic E-state index is 14.9. The van der Waals surface area contributed by atoms with Gasteiger partial charge in [-0.3, -0.25) is 4.79 Å². The Morgan fingerprint density at radius 3 is 2.38 bits per heavy atom. The largest absolute Gasteiger partial charge is 0.459 e. The van der Waals surface area contributed by atoms with Gasteiger partial charge in [-0.1, -0.05) is 38.9 Å². The molecule has 0 aliphatic carbocycles. The predicted molar refractivity (Wildman–Crippen MR) is 264 cm³/mol. The van der Waals surface area contributed by atoms with Crippen molar-refractivity contribution in [1.82, 2.24) is 24.6 Å². The third kappa shape index (κ3) is 13.4. The molecule has 0 aromatic carbocycles. The number of methoxy groups -OCH3 is 1. The van der Waals surface area contributed by atoms with Gasteiger partial charge in [-0.25, -0.2) is 9.67 Å². The van der Waals surface area contributed by atoms with E-state index in [1.165, 1.54) is 0 Å². The summed E-state index contributed by atoms with van der Waals surface area (Å²) in [6.45, 7) is 22.3. The van der Waals surface area contributed by atoms with E-state index < -0.39 is 89.9 Å². The van der Waals surface area contributed by atoms with Gasteiger partial charge >= 0.3 is 5.97 Å². The molecule has 0 radical (unpaired) electrons. The van der Waals surface area contributed by atoms with E-state index in [0.717, 1.165) is 18.5 Å². The van der Waals surface area contributed by atoms with E-state index in [0.29, 0.717) is 30.9 Å². The van der Waals surface area contributed by atoms with Crippen LogP contribution < -0.4 is 0 Å². The Hall–Kier alpha value is -3.18. The minimum absolute atomic E-state index is 0.0877. The summed E-state index contributed by atoms with van der Waals surface area (Å²) in [5, 5.41) is 45.1. The number of hydrogen-bond acceptors (Lipinski definition) is 18. The van der Waals surface area contributed by atoms with Crippen LogP contribution in [0.4, 0.5) is 0 Å². The molecule has 18 atom stereocenters. The zero-order valence-electron chi connectivity index (χ0n) is 44.8. The SMILES string of the molecule is CCCN1C[C@H](C)[C@H]2OC/C(=N\OCc3ccc(-n4cccn4)nc3)CO[C@](C)(C[C@H]1C)[C@H](O[C@@H]1O[C@H](C)C[C@H](N(C)C)[C@H]1O)[C@@H](C)[C@H](O[C@H]1C[C@@](C)(OC)[C@@H](O)[C@H](C)O1)[C@@H](C)C(=O)O[C@H](CC)[C@@]2(C)O. The van der Waals surface area contributed by atoms with Gasteiger partial charge in [0.05, 0.1) is 60.9 Å². The average molecular weight is 1000 g/mol. The highest BCUT2D eigenvalue weighted by atomic mass is 16.7. The lowest BCUT2D eigenvalue weighted by Gasteiger charge is -2.50. The van der Waals surface area contributed by atoms with Gasteiger partial charge in [0.1, 0.15) is 36.2 Å². The van der Waals surface area contributed by atoms with E-state index in [1.807, 2.05) is 78.0 Å². The Bertz CT molecular complexity index is 2000. The molecule has 2 aromatic rings.